The van der Waals surface area contributed by atoms with Crippen LogP contribution >= 0.6 is 0 Å². The van der Waals surface area contributed by atoms with Gasteiger partial charge in [0.15, 0.2) is 5.84 Å². The molecule has 1 amide bonds. The minimum atomic E-state index is -0.0948. The molecule has 1 saturated carbocycles. The van der Waals surface area contributed by atoms with Gasteiger partial charge in [-0.2, -0.15) is 0 Å². The number of aliphatic hydroxyl groups excluding tert-OH is 1. The number of carbonyl (C=O) groups excluding carboxylic acids is 1. The van der Waals surface area contributed by atoms with Crippen molar-refractivity contribution < 1.29 is 15.1 Å². The Balaban J connectivity index is 2.14. The zero-order valence-corrected chi connectivity index (χ0v) is 10.5. The molecule has 0 radical (unpaired) electrons. The third-order valence-electron chi connectivity index (χ3n) is 3.12. The molecule has 1 fully saturated rings. The second kappa shape index (κ2) is 5.71. The number of rotatable bonds is 5. The maximum atomic E-state index is 12.3. The predicted molar refractivity (Wildman–Crippen MR) is 70.1 cm³/mol. The lowest BCUT2D eigenvalue weighted by molar-refractivity contribution is 0.0707. The van der Waals surface area contributed by atoms with Gasteiger partial charge in [-0.1, -0.05) is 17.3 Å². The topological polar surface area (TPSA) is 99.2 Å². The third-order valence-corrected chi connectivity index (χ3v) is 3.12. The Morgan fingerprint density at radius 2 is 1.89 bits per heavy atom. The molecule has 6 heteroatoms. The third kappa shape index (κ3) is 3.03. The van der Waals surface area contributed by atoms with Crippen molar-refractivity contribution in [2.75, 3.05) is 13.2 Å². The summed E-state index contributed by atoms with van der Waals surface area (Å²) in [5, 5.41) is 20.5. The van der Waals surface area contributed by atoms with E-state index in [-0.39, 0.29) is 24.4 Å². The lowest BCUT2D eigenvalue weighted by Crippen LogP contribution is -2.35. The number of hydrogen-bond donors (Lipinski definition) is 3. The van der Waals surface area contributed by atoms with Crippen LogP contribution in [0.5, 0.6) is 0 Å². The van der Waals surface area contributed by atoms with Crippen molar-refractivity contribution in [2.24, 2.45) is 10.9 Å². The Labute approximate surface area is 111 Å². The summed E-state index contributed by atoms with van der Waals surface area (Å²) in [7, 11) is 0. The Hall–Kier alpha value is -2.08. The van der Waals surface area contributed by atoms with E-state index in [4.69, 9.17) is 16.0 Å². The van der Waals surface area contributed by atoms with Crippen LogP contribution in [0.15, 0.2) is 29.4 Å². The van der Waals surface area contributed by atoms with Crippen molar-refractivity contribution in [3.63, 3.8) is 0 Å². The normalized spacial score (nSPS) is 15.3. The number of benzene rings is 1. The van der Waals surface area contributed by atoms with E-state index >= 15 is 0 Å². The molecule has 6 nitrogen and oxygen atoms in total. The highest BCUT2D eigenvalue weighted by atomic mass is 16.4. The first-order valence-electron chi connectivity index (χ1n) is 6.17. The summed E-state index contributed by atoms with van der Waals surface area (Å²) >= 11 is 0. The number of aliphatic hydroxyl groups is 1. The summed E-state index contributed by atoms with van der Waals surface area (Å²) in [6.07, 6.45) is 1.99. The molecule has 0 heterocycles. The molecule has 1 aliphatic rings. The van der Waals surface area contributed by atoms with Gasteiger partial charge in [-0.15, -0.1) is 0 Å². The van der Waals surface area contributed by atoms with Crippen molar-refractivity contribution in [3.05, 3.63) is 35.4 Å². The van der Waals surface area contributed by atoms with Crippen LogP contribution in [0.3, 0.4) is 0 Å². The number of oxime groups is 1. The monoisotopic (exact) mass is 263 g/mol. The van der Waals surface area contributed by atoms with Crippen LogP contribution in [0, 0.1) is 0 Å². The van der Waals surface area contributed by atoms with Gasteiger partial charge in [-0.25, -0.2) is 0 Å². The first kappa shape index (κ1) is 13.4. The van der Waals surface area contributed by atoms with Crippen molar-refractivity contribution in [3.8, 4) is 0 Å². The molecule has 0 bridgehead atoms. The minimum Gasteiger partial charge on any atom is -0.409 e. The zero-order valence-electron chi connectivity index (χ0n) is 10.5. The number of nitrogens with zero attached hydrogens (tertiary/aromatic N) is 2. The van der Waals surface area contributed by atoms with Crippen molar-refractivity contribution >= 4 is 11.7 Å². The highest BCUT2D eigenvalue weighted by Crippen LogP contribution is 2.27. The standard InChI is InChI=1S/C13H17N3O3/c14-12(15-19)9-1-3-10(4-2-9)13(18)16(7-8-17)11-5-6-11/h1-4,11,17,19H,5-8H2,(H2,14,15). The Kier molecular flexibility index (Phi) is 4.01. The van der Waals surface area contributed by atoms with Crippen LogP contribution < -0.4 is 5.73 Å². The molecular formula is C13H17N3O3. The van der Waals surface area contributed by atoms with Crippen molar-refractivity contribution in [1.82, 2.24) is 4.90 Å². The molecule has 0 aromatic heterocycles. The van der Waals surface area contributed by atoms with Crippen molar-refractivity contribution in [1.29, 1.82) is 0 Å². The van der Waals surface area contributed by atoms with E-state index < -0.39 is 0 Å². The van der Waals surface area contributed by atoms with Crippen LogP contribution in [0.2, 0.25) is 0 Å². The fourth-order valence-electron chi connectivity index (χ4n) is 1.95. The van der Waals surface area contributed by atoms with Crippen LogP contribution in [-0.2, 0) is 0 Å². The van der Waals surface area contributed by atoms with E-state index in [2.05, 4.69) is 5.16 Å². The summed E-state index contributed by atoms with van der Waals surface area (Å²) in [5.41, 5.74) is 6.55. The average Bonchev–Trinajstić information content (AvgIpc) is 3.28. The first-order valence-corrected chi connectivity index (χ1v) is 6.17. The van der Waals surface area contributed by atoms with E-state index in [0.29, 0.717) is 17.7 Å². The van der Waals surface area contributed by atoms with Gasteiger partial charge in [0, 0.05) is 23.7 Å². The van der Waals surface area contributed by atoms with Gasteiger partial charge < -0.3 is 20.9 Å². The van der Waals surface area contributed by atoms with E-state index in [1.807, 2.05) is 0 Å². The molecule has 0 aliphatic heterocycles. The highest BCUT2D eigenvalue weighted by Gasteiger charge is 2.32. The maximum absolute atomic E-state index is 12.3. The smallest absolute Gasteiger partial charge is 0.254 e. The average molecular weight is 263 g/mol. The second-order valence-corrected chi connectivity index (χ2v) is 4.52. The second-order valence-electron chi connectivity index (χ2n) is 4.52. The van der Waals surface area contributed by atoms with Crippen LogP contribution in [0.25, 0.3) is 0 Å². The molecule has 0 saturated heterocycles. The summed E-state index contributed by atoms with van der Waals surface area (Å²) in [4.78, 5) is 14.0. The van der Waals surface area contributed by atoms with Crippen LogP contribution in [0.1, 0.15) is 28.8 Å². The van der Waals surface area contributed by atoms with Gasteiger partial charge >= 0.3 is 0 Å². The van der Waals surface area contributed by atoms with Gasteiger partial charge in [0.1, 0.15) is 0 Å². The molecule has 19 heavy (non-hydrogen) atoms. The first-order chi connectivity index (χ1) is 9.17. The molecule has 0 atom stereocenters. The highest BCUT2D eigenvalue weighted by molar-refractivity contribution is 5.99. The summed E-state index contributed by atoms with van der Waals surface area (Å²) < 4.78 is 0. The predicted octanol–water partition coefficient (Wildman–Crippen LogP) is 0.378. The minimum absolute atomic E-state index is 0.00778. The maximum Gasteiger partial charge on any atom is 0.254 e. The van der Waals surface area contributed by atoms with Gasteiger partial charge in [-0.05, 0) is 25.0 Å². The molecular weight excluding hydrogens is 246 g/mol. The fourth-order valence-corrected chi connectivity index (χ4v) is 1.95. The molecule has 102 valence electrons. The van der Waals surface area contributed by atoms with Gasteiger partial charge in [0.25, 0.3) is 5.91 Å². The number of amides is 1. The molecule has 0 unspecified atom stereocenters. The largest absolute Gasteiger partial charge is 0.409 e. The van der Waals surface area contributed by atoms with Gasteiger partial charge in [0.05, 0.1) is 6.61 Å². The van der Waals surface area contributed by atoms with E-state index in [9.17, 15) is 4.79 Å². The number of hydrogen-bond acceptors (Lipinski definition) is 4. The van der Waals surface area contributed by atoms with Crippen molar-refractivity contribution in [2.45, 2.75) is 18.9 Å². The SMILES string of the molecule is NC(=NO)c1ccc(C(=O)N(CCO)C2CC2)cc1. The molecule has 1 aromatic rings. The molecule has 4 N–H and O–H groups in total. The zero-order chi connectivity index (χ0) is 13.8. The fraction of sp³-hybridized carbons (Fsp3) is 0.385. The number of amidine groups is 1. The Morgan fingerprint density at radius 3 is 2.37 bits per heavy atom. The lowest BCUT2D eigenvalue weighted by Gasteiger charge is -2.21. The van der Waals surface area contributed by atoms with Crippen LogP contribution in [0.4, 0.5) is 0 Å². The molecule has 2 rings (SSSR count). The van der Waals surface area contributed by atoms with E-state index in [0.717, 1.165) is 12.8 Å². The summed E-state index contributed by atoms with van der Waals surface area (Å²) in [6, 6.07) is 6.80. The molecule has 0 spiro atoms. The molecule has 1 aliphatic carbocycles. The van der Waals surface area contributed by atoms with E-state index in [1.165, 1.54) is 0 Å². The quantitative estimate of drug-likeness (QED) is 0.309. The Morgan fingerprint density at radius 1 is 1.32 bits per heavy atom. The summed E-state index contributed by atoms with van der Waals surface area (Å²) in [6.45, 7) is 0.315. The number of carbonyl (C=O) groups is 1. The molecule has 1 aromatic carbocycles. The van der Waals surface area contributed by atoms with Gasteiger partial charge in [-0.3, -0.25) is 4.79 Å². The van der Waals surface area contributed by atoms with Gasteiger partial charge in [0.2, 0.25) is 0 Å². The van der Waals surface area contributed by atoms with E-state index in [1.54, 1.807) is 29.2 Å². The number of nitrogens with two attached hydrogens (primary N) is 1. The van der Waals surface area contributed by atoms with Crippen LogP contribution in [-0.4, -0.2) is 46.1 Å². The lowest BCUT2D eigenvalue weighted by atomic mass is 10.1. The Bertz CT molecular complexity index is 480. The summed E-state index contributed by atoms with van der Waals surface area (Å²) in [5.74, 6) is -0.0870.